The number of carbonyl (C=O) groups is 2. The van der Waals surface area contributed by atoms with Gasteiger partial charge in [-0.3, -0.25) is 4.79 Å². The van der Waals surface area contributed by atoms with Gasteiger partial charge in [0.1, 0.15) is 0 Å². The van der Waals surface area contributed by atoms with E-state index in [0.29, 0.717) is 17.0 Å². The smallest absolute Gasteiger partial charge is 0.319 e. The fraction of sp³-hybridized carbons (Fsp3) is 0.111. The van der Waals surface area contributed by atoms with Crippen LogP contribution in [-0.2, 0) is 4.79 Å². The van der Waals surface area contributed by atoms with Crippen molar-refractivity contribution >= 4 is 33.6 Å². The molecule has 0 aromatic heterocycles. The quantitative estimate of drug-likeness (QED) is 0.753. The summed E-state index contributed by atoms with van der Waals surface area (Å²) < 4.78 is 0.883. The predicted octanol–water partition coefficient (Wildman–Crippen LogP) is 3.72. The van der Waals surface area contributed by atoms with Gasteiger partial charge >= 0.3 is 6.03 Å². The van der Waals surface area contributed by atoms with Crippen LogP contribution in [0.1, 0.15) is 18.5 Å². The number of amides is 3. The van der Waals surface area contributed by atoms with Gasteiger partial charge in [0.25, 0.3) is 5.91 Å². The first-order valence-corrected chi connectivity index (χ1v) is 8.24. The second kappa shape index (κ2) is 6.88. The number of halogens is 1. The van der Waals surface area contributed by atoms with Gasteiger partial charge in [-0.1, -0.05) is 46.3 Å². The molecule has 2 aromatic rings. The van der Waals surface area contributed by atoms with Gasteiger partial charge < -0.3 is 16.0 Å². The number of urea groups is 1. The number of para-hydroxylation sites is 1. The second-order valence-electron chi connectivity index (χ2n) is 5.45. The van der Waals surface area contributed by atoms with Gasteiger partial charge in [-0.25, -0.2) is 4.79 Å². The van der Waals surface area contributed by atoms with Gasteiger partial charge in [-0.2, -0.15) is 0 Å². The number of hydrogen-bond acceptors (Lipinski definition) is 2. The Hall–Kier alpha value is -2.60. The van der Waals surface area contributed by atoms with E-state index in [-0.39, 0.29) is 11.9 Å². The summed E-state index contributed by atoms with van der Waals surface area (Å²) in [4.78, 5) is 24.7. The van der Waals surface area contributed by atoms with Crippen molar-refractivity contribution in [2.45, 2.75) is 13.0 Å². The maximum absolute atomic E-state index is 12.8. The summed E-state index contributed by atoms with van der Waals surface area (Å²) in [5, 5.41) is 8.36. The maximum Gasteiger partial charge on any atom is 0.319 e. The third kappa shape index (κ3) is 3.49. The number of carbonyl (C=O) groups excluding carboxylic acids is 2. The Morgan fingerprint density at radius 2 is 1.88 bits per heavy atom. The zero-order valence-electron chi connectivity index (χ0n) is 13.0. The first kappa shape index (κ1) is 16.3. The van der Waals surface area contributed by atoms with Crippen molar-refractivity contribution in [3.05, 3.63) is 75.9 Å². The van der Waals surface area contributed by atoms with Crippen molar-refractivity contribution in [2.24, 2.45) is 0 Å². The lowest BCUT2D eigenvalue weighted by Gasteiger charge is -2.28. The van der Waals surface area contributed by atoms with Crippen molar-refractivity contribution in [1.29, 1.82) is 0 Å². The molecule has 6 heteroatoms. The van der Waals surface area contributed by atoms with Crippen LogP contribution in [0.15, 0.2) is 70.3 Å². The minimum absolute atomic E-state index is 0.254. The maximum atomic E-state index is 12.8. The minimum atomic E-state index is -0.514. The van der Waals surface area contributed by atoms with E-state index >= 15 is 0 Å². The number of allylic oxidation sites excluding steroid dienone is 1. The number of benzene rings is 2. The van der Waals surface area contributed by atoms with Crippen molar-refractivity contribution in [1.82, 2.24) is 10.6 Å². The van der Waals surface area contributed by atoms with Gasteiger partial charge in [0.2, 0.25) is 0 Å². The molecule has 1 aliphatic heterocycles. The zero-order valence-corrected chi connectivity index (χ0v) is 14.6. The molecule has 2 aromatic carbocycles. The second-order valence-corrected chi connectivity index (χ2v) is 6.36. The SMILES string of the molecule is CC1=C(C(=O)Nc2ccccc2)[C@H](c2cccc(Br)c2)NC(=O)N1. The average Bonchev–Trinajstić information content (AvgIpc) is 2.55. The molecule has 0 spiro atoms. The number of hydrogen-bond donors (Lipinski definition) is 3. The highest BCUT2D eigenvalue weighted by molar-refractivity contribution is 9.10. The molecule has 0 saturated heterocycles. The largest absolute Gasteiger partial charge is 0.327 e. The van der Waals surface area contributed by atoms with Crippen LogP contribution in [-0.4, -0.2) is 11.9 Å². The van der Waals surface area contributed by atoms with Gasteiger partial charge in [0, 0.05) is 15.9 Å². The molecule has 0 saturated carbocycles. The van der Waals surface area contributed by atoms with Crippen LogP contribution in [0.3, 0.4) is 0 Å². The third-order valence-electron chi connectivity index (χ3n) is 3.73. The van der Waals surface area contributed by atoms with Crippen LogP contribution in [0, 0.1) is 0 Å². The normalized spacial score (nSPS) is 17.1. The first-order chi connectivity index (χ1) is 11.5. The van der Waals surface area contributed by atoms with E-state index in [4.69, 9.17) is 0 Å². The van der Waals surface area contributed by atoms with E-state index in [2.05, 4.69) is 31.9 Å². The van der Waals surface area contributed by atoms with E-state index in [1.54, 1.807) is 6.92 Å². The molecule has 24 heavy (non-hydrogen) atoms. The Kier molecular flexibility index (Phi) is 4.66. The van der Waals surface area contributed by atoms with Crippen LogP contribution in [0.25, 0.3) is 0 Å². The van der Waals surface area contributed by atoms with Crippen LogP contribution < -0.4 is 16.0 Å². The summed E-state index contributed by atoms with van der Waals surface area (Å²) >= 11 is 3.42. The molecule has 1 aliphatic rings. The van der Waals surface area contributed by atoms with E-state index in [1.807, 2.05) is 54.6 Å². The Balaban J connectivity index is 1.96. The highest BCUT2D eigenvalue weighted by Crippen LogP contribution is 2.29. The Morgan fingerprint density at radius 3 is 2.58 bits per heavy atom. The van der Waals surface area contributed by atoms with Crippen molar-refractivity contribution < 1.29 is 9.59 Å². The Morgan fingerprint density at radius 1 is 1.12 bits per heavy atom. The standard InChI is InChI=1S/C18H16BrN3O2/c1-11-15(17(23)21-14-8-3-2-4-9-14)16(22-18(24)20-11)12-6-5-7-13(19)10-12/h2-10,16H,1H3,(H,21,23)(H2,20,22,24)/t16-/m0/s1. The predicted molar refractivity (Wildman–Crippen MR) is 96.3 cm³/mol. The topological polar surface area (TPSA) is 70.2 Å². The van der Waals surface area contributed by atoms with Gasteiger partial charge in [0.15, 0.2) is 0 Å². The Bertz CT molecular complexity index is 818. The molecule has 0 bridgehead atoms. The molecule has 1 heterocycles. The van der Waals surface area contributed by atoms with Crippen molar-refractivity contribution in [3.8, 4) is 0 Å². The molecule has 1 atom stereocenters. The summed E-state index contributed by atoms with van der Waals surface area (Å²) in [5.41, 5.74) is 2.55. The van der Waals surface area contributed by atoms with E-state index in [1.165, 1.54) is 0 Å². The summed E-state index contributed by atoms with van der Waals surface area (Å²) in [6.45, 7) is 1.73. The van der Waals surface area contributed by atoms with E-state index < -0.39 is 6.04 Å². The zero-order chi connectivity index (χ0) is 17.1. The van der Waals surface area contributed by atoms with Gasteiger partial charge in [-0.15, -0.1) is 0 Å². The molecule has 0 aliphatic carbocycles. The lowest BCUT2D eigenvalue weighted by molar-refractivity contribution is -0.113. The average molecular weight is 386 g/mol. The molecule has 0 unspecified atom stereocenters. The van der Waals surface area contributed by atoms with E-state index in [9.17, 15) is 9.59 Å². The molecule has 5 nitrogen and oxygen atoms in total. The Labute approximate surface area is 148 Å². The van der Waals surface area contributed by atoms with Crippen LogP contribution >= 0.6 is 15.9 Å². The lowest BCUT2D eigenvalue weighted by Crippen LogP contribution is -2.45. The molecule has 3 rings (SSSR count). The van der Waals surface area contributed by atoms with Crippen LogP contribution in [0.5, 0.6) is 0 Å². The molecule has 3 amide bonds. The number of nitrogens with one attached hydrogen (secondary N) is 3. The van der Waals surface area contributed by atoms with Crippen molar-refractivity contribution in [3.63, 3.8) is 0 Å². The molecule has 3 N–H and O–H groups in total. The van der Waals surface area contributed by atoms with Gasteiger partial charge in [0.05, 0.1) is 11.6 Å². The summed E-state index contributed by atoms with van der Waals surface area (Å²) in [6.07, 6.45) is 0. The highest BCUT2D eigenvalue weighted by Gasteiger charge is 2.31. The molecule has 0 radical (unpaired) electrons. The minimum Gasteiger partial charge on any atom is -0.327 e. The monoisotopic (exact) mass is 385 g/mol. The third-order valence-corrected chi connectivity index (χ3v) is 4.22. The van der Waals surface area contributed by atoms with Gasteiger partial charge in [-0.05, 0) is 36.8 Å². The lowest BCUT2D eigenvalue weighted by atomic mass is 9.95. The summed E-state index contributed by atoms with van der Waals surface area (Å²) in [6, 6.07) is 15.9. The molecular formula is C18H16BrN3O2. The first-order valence-electron chi connectivity index (χ1n) is 7.45. The van der Waals surface area contributed by atoms with Crippen molar-refractivity contribution in [2.75, 3.05) is 5.32 Å². The summed E-state index contributed by atoms with van der Waals surface area (Å²) in [5.74, 6) is -0.254. The molecular weight excluding hydrogens is 370 g/mol. The number of rotatable bonds is 3. The summed E-state index contributed by atoms with van der Waals surface area (Å²) in [7, 11) is 0. The fourth-order valence-corrected chi connectivity index (χ4v) is 3.07. The number of anilines is 1. The van der Waals surface area contributed by atoms with E-state index in [0.717, 1.165) is 10.0 Å². The molecule has 122 valence electrons. The van der Waals surface area contributed by atoms with Crippen LogP contribution in [0.4, 0.5) is 10.5 Å². The fourth-order valence-electron chi connectivity index (χ4n) is 2.65. The molecule has 0 fully saturated rings. The highest BCUT2D eigenvalue weighted by atomic mass is 79.9. The van der Waals surface area contributed by atoms with Crippen LogP contribution in [0.2, 0.25) is 0 Å².